The average Bonchev–Trinajstić information content (AvgIpc) is 3.39. The number of sulfone groups is 1. The molecule has 0 radical (unpaired) electrons. The van der Waals surface area contributed by atoms with Crippen LogP contribution in [-0.4, -0.2) is 62.6 Å². The van der Waals surface area contributed by atoms with Crippen LogP contribution in [0.5, 0.6) is 0 Å². The molecule has 4 rings (SSSR count). The topological polar surface area (TPSA) is 57.7 Å². The van der Waals surface area contributed by atoms with Crippen molar-refractivity contribution in [1.82, 2.24) is 9.80 Å². The first-order valence-electron chi connectivity index (χ1n) is 10.5. The number of hydrogen-bond donors (Lipinski definition) is 0. The maximum Gasteiger partial charge on any atom is 0.255 e. The number of carbonyl (C=O) groups is 1. The third-order valence-corrected chi connectivity index (χ3v) is 7.56. The second-order valence-corrected chi connectivity index (χ2v) is 10.7. The fraction of sp³-hybridized carbons (Fsp3) is 0.435. The fourth-order valence-electron chi connectivity index (χ4n) is 4.47. The highest BCUT2D eigenvalue weighted by molar-refractivity contribution is 7.90. The molecule has 2 aromatic carbocycles. The highest BCUT2D eigenvalue weighted by Crippen LogP contribution is 2.29. The number of rotatable bonds is 5. The van der Waals surface area contributed by atoms with Crippen LogP contribution in [0.4, 0.5) is 0 Å². The summed E-state index contributed by atoms with van der Waals surface area (Å²) in [7, 11) is -3.23. The third kappa shape index (κ3) is 4.56. The van der Waals surface area contributed by atoms with Gasteiger partial charge in [0, 0.05) is 25.4 Å². The van der Waals surface area contributed by atoms with Crippen LogP contribution in [0.2, 0.25) is 5.02 Å². The van der Waals surface area contributed by atoms with Gasteiger partial charge >= 0.3 is 0 Å². The van der Waals surface area contributed by atoms with Crippen LogP contribution in [0.1, 0.15) is 36.0 Å². The van der Waals surface area contributed by atoms with E-state index in [-0.39, 0.29) is 16.8 Å². The summed E-state index contributed by atoms with van der Waals surface area (Å²) < 4.78 is 23.3. The van der Waals surface area contributed by atoms with E-state index in [0.29, 0.717) is 10.6 Å². The summed E-state index contributed by atoms with van der Waals surface area (Å²) in [5.41, 5.74) is 2.24. The van der Waals surface area contributed by atoms with Gasteiger partial charge in [0.1, 0.15) is 0 Å². The molecule has 2 heterocycles. The maximum atomic E-state index is 13.2. The minimum absolute atomic E-state index is 0.000622. The van der Waals surface area contributed by atoms with Crippen LogP contribution in [0, 0.1) is 0 Å². The van der Waals surface area contributed by atoms with Crippen LogP contribution in [-0.2, 0) is 9.84 Å². The van der Waals surface area contributed by atoms with Gasteiger partial charge in [-0.15, -0.1) is 0 Å². The number of likely N-dealkylation sites (tertiary alicyclic amines) is 2. The molecule has 0 spiro atoms. The molecular formula is C23H27ClN2O3S. The summed E-state index contributed by atoms with van der Waals surface area (Å²) in [4.78, 5) is 17.9. The monoisotopic (exact) mass is 446 g/mol. The number of nitrogens with zero attached hydrogens (tertiary/aromatic N) is 2. The van der Waals surface area contributed by atoms with Crippen LogP contribution >= 0.6 is 11.6 Å². The predicted octanol–water partition coefficient (Wildman–Crippen LogP) is 4.11. The van der Waals surface area contributed by atoms with E-state index in [4.69, 9.17) is 11.6 Å². The van der Waals surface area contributed by atoms with Crippen molar-refractivity contribution in [3.8, 4) is 11.1 Å². The Kier molecular flexibility index (Phi) is 6.19. The lowest BCUT2D eigenvalue weighted by atomic mass is 10.0. The smallest absolute Gasteiger partial charge is 0.255 e. The molecule has 2 aliphatic heterocycles. The van der Waals surface area contributed by atoms with Crippen molar-refractivity contribution < 1.29 is 13.2 Å². The Morgan fingerprint density at radius 3 is 2.30 bits per heavy atom. The molecule has 7 heteroatoms. The van der Waals surface area contributed by atoms with Gasteiger partial charge in [0.2, 0.25) is 0 Å². The second kappa shape index (κ2) is 8.69. The van der Waals surface area contributed by atoms with Gasteiger partial charge in [-0.1, -0.05) is 29.8 Å². The van der Waals surface area contributed by atoms with Crippen molar-refractivity contribution in [1.29, 1.82) is 0 Å². The van der Waals surface area contributed by atoms with Gasteiger partial charge in [-0.25, -0.2) is 8.42 Å². The predicted molar refractivity (Wildman–Crippen MR) is 120 cm³/mol. The molecule has 0 aromatic heterocycles. The van der Waals surface area contributed by atoms with Gasteiger partial charge < -0.3 is 9.80 Å². The van der Waals surface area contributed by atoms with E-state index < -0.39 is 9.84 Å². The lowest BCUT2D eigenvalue weighted by molar-refractivity contribution is 0.0709. The van der Waals surface area contributed by atoms with E-state index in [9.17, 15) is 13.2 Å². The van der Waals surface area contributed by atoms with Gasteiger partial charge in [-0.3, -0.25) is 4.79 Å². The van der Waals surface area contributed by atoms with E-state index in [0.717, 1.165) is 50.1 Å². The largest absolute Gasteiger partial charge is 0.334 e. The molecule has 0 unspecified atom stereocenters. The standard InChI is InChI=1S/C23H27ClN2O3S/c1-30(28,29)20-9-6-17(7-10-20)18-8-11-21(22(24)15-18)23(27)26-14-4-5-19(26)16-25-12-2-3-13-25/h6-11,15,19H,2-5,12-14,16H2,1H3/t19-/m0/s1. The molecule has 0 N–H and O–H groups in total. The molecule has 0 saturated carbocycles. The molecule has 5 nitrogen and oxygen atoms in total. The van der Waals surface area contributed by atoms with Crippen molar-refractivity contribution in [2.24, 2.45) is 0 Å². The van der Waals surface area contributed by atoms with Crippen molar-refractivity contribution in [3.63, 3.8) is 0 Å². The van der Waals surface area contributed by atoms with Crippen LogP contribution in [0.25, 0.3) is 11.1 Å². The van der Waals surface area contributed by atoms with Crippen LogP contribution in [0.15, 0.2) is 47.4 Å². The molecular weight excluding hydrogens is 420 g/mol. The zero-order valence-corrected chi connectivity index (χ0v) is 18.8. The summed E-state index contributed by atoms with van der Waals surface area (Å²) in [6.45, 7) is 3.99. The molecule has 30 heavy (non-hydrogen) atoms. The number of carbonyl (C=O) groups excluding carboxylic acids is 1. The molecule has 2 fully saturated rings. The van der Waals surface area contributed by atoms with Crippen LogP contribution < -0.4 is 0 Å². The maximum absolute atomic E-state index is 13.2. The molecule has 1 amide bonds. The first-order valence-corrected chi connectivity index (χ1v) is 12.7. The van der Waals surface area contributed by atoms with Gasteiger partial charge in [0.15, 0.2) is 9.84 Å². The Labute approximate surface area is 183 Å². The Morgan fingerprint density at radius 1 is 1.00 bits per heavy atom. The minimum Gasteiger partial charge on any atom is -0.334 e. The third-order valence-electron chi connectivity index (χ3n) is 6.12. The van der Waals surface area contributed by atoms with Gasteiger partial charge in [-0.2, -0.15) is 0 Å². The first kappa shape index (κ1) is 21.3. The summed E-state index contributed by atoms with van der Waals surface area (Å²) in [6, 6.07) is 12.4. The van der Waals surface area contributed by atoms with E-state index in [2.05, 4.69) is 4.90 Å². The van der Waals surface area contributed by atoms with E-state index in [1.807, 2.05) is 11.0 Å². The molecule has 1 atom stereocenters. The number of amides is 1. The quantitative estimate of drug-likeness (QED) is 0.693. The normalized spacial score (nSPS) is 20.1. The molecule has 0 bridgehead atoms. The van der Waals surface area contributed by atoms with Crippen molar-refractivity contribution in [3.05, 3.63) is 53.1 Å². The molecule has 2 saturated heterocycles. The zero-order chi connectivity index (χ0) is 21.3. The van der Waals surface area contributed by atoms with Gasteiger partial charge in [0.25, 0.3) is 5.91 Å². The SMILES string of the molecule is CS(=O)(=O)c1ccc(-c2ccc(C(=O)N3CCC[C@H]3CN3CCCC3)c(Cl)c2)cc1. The van der Waals surface area contributed by atoms with E-state index in [1.165, 1.54) is 19.1 Å². The Morgan fingerprint density at radius 2 is 1.67 bits per heavy atom. The number of benzene rings is 2. The minimum atomic E-state index is -3.23. The molecule has 2 aliphatic rings. The van der Waals surface area contributed by atoms with Gasteiger partial charge in [0.05, 0.1) is 15.5 Å². The second-order valence-electron chi connectivity index (χ2n) is 8.29. The van der Waals surface area contributed by atoms with Crippen molar-refractivity contribution >= 4 is 27.3 Å². The lowest BCUT2D eigenvalue weighted by Gasteiger charge is -2.29. The molecule has 0 aliphatic carbocycles. The Hall–Kier alpha value is -1.89. The van der Waals surface area contributed by atoms with Crippen LogP contribution in [0.3, 0.4) is 0 Å². The number of hydrogen-bond acceptors (Lipinski definition) is 4. The summed E-state index contributed by atoms with van der Waals surface area (Å²) in [5.74, 6) is 0.000622. The highest BCUT2D eigenvalue weighted by atomic mass is 35.5. The van der Waals surface area contributed by atoms with Crippen molar-refractivity contribution in [2.45, 2.75) is 36.6 Å². The first-order chi connectivity index (χ1) is 14.3. The fourth-order valence-corrected chi connectivity index (χ4v) is 5.37. The lowest BCUT2D eigenvalue weighted by Crippen LogP contribution is -2.42. The Balaban J connectivity index is 1.51. The molecule has 160 valence electrons. The Bertz CT molecular complexity index is 1030. The molecule has 2 aromatic rings. The van der Waals surface area contributed by atoms with Gasteiger partial charge in [-0.05, 0) is 74.2 Å². The zero-order valence-electron chi connectivity index (χ0n) is 17.2. The van der Waals surface area contributed by atoms with E-state index >= 15 is 0 Å². The summed E-state index contributed by atoms with van der Waals surface area (Å²) >= 11 is 6.52. The highest BCUT2D eigenvalue weighted by Gasteiger charge is 2.32. The van der Waals surface area contributed by atoms with E-state index in [1.54, 1.807) is 36.4 Å². The summed E-state index contributed by atoms with van der Waals surface area (Å²) in [6.07, 6.45) is 5.77. The van der Waals surface area contributed by atoms with Crippen molar-refractivity contribution in [2.75, 3.05) is 32.4 Å². The summed E-state index contributed by atoms with van der Waals surface area (Å²) in [5, 5.41) is 0.427. The number of halogens is 1. The average molecular weight is 447 g/mol.